The van der Waals surface area contributed by atoms with Gasteiger partial charge in [-0.05, 0) is 38.8 Å². The maximum Gasteiger partial charge on any atom is 0.236 e. The molecule has 4 nitrogen and oxygen atoms in total. The predicted molar refractivity (Wildman–Crippen MR) is 95.0 cm³/mol. The molecular weight excluding hydrogens is 300 g/mol. The standard InChI is InChI=1S/C20H28N2O2/c23-19(22-12-6-1-2-7-13-22)16-21-14-10-18(11-15-21)20(24)17-8-4-3-5-9-17/h3-5,8-9,18H,1-2,6-7,10-16H2. The fourth-order valence-corrected chi connectivity index (χ4v) is 3.80. The summed E-state index contributed by atoms with van der Waals surface area (Å²) in [6.45, 7) is 4.06. The highest BCUT2D eigenvalue weighted by Gasteiger charge is 2.27. The van der Waals surface area contributed by atoms with Gasteiger partial charge in [-0.1, -0.05) is 43.2 Å². The molecule has 0 aliphatic carbocycles. The van der Waals surface area contributed by atoms with Crippen LogP contribution in [-0.2, 0) is 4.79 Å². The summed E-state index contributed by atoms with van der Waals surface area (Å²) >= 11 is 0. The van der Waals surface area contributed by atoms with E-state index in [4.69, 9.17) is 0 Å². The zero-order chi connectivity index (χ0) is 16.8. The number of hydrogen-bond acceptors (Lipinski definition) is 3. The van der Waals surface area contributed by atoms with Crippen molar-refractivity contribution in [2.45, 2.75) is 38.5 Å². The van der Waals surface area contributed by atoms with Gasteiger partial charge in [0.2, 0.25) is 5.91 Å². The largest absolute Gasteiger partial charge is 0.342 e. The van der Waals surface area contributed by atoms with Gasteiger partial charge in [0.25, 0.3) is 0 Å². The molecule has 2 fully saturated rings. The van der Waals surface area contributed by atoms with Crippen LogP contribution in [0, 0.1) is 5.92 Å². The average molecular weight is 328 g/mol. The molecule has 1 aromatic carbocycles. The van der Waals surface area contributed by atoms with E-state index in [0.717, 1.165) is 57.4 Å². The number of benzene rings is 1. The van der Waals surface area contributed by atoms with Crippen molar-refractivity contribution in [1.82, 2.24) is 9.80 Å². The Morgan fingerprint density at radius 2 is 1.50 bits per heavy atom. The van der Waals surface area contributed by atoms with Crippen molar-refractivity contribution in [2.75, 3.05) is 32.7 Å². The second kappa shape index (κ2) is 8.43. The number of hydrogen-bond donors (Lipinski definition) is 0. The normalized spacial score (nSPS) is 20.6. The summed E-state index contributed by atoms with van der Waals surface area (Å²) in [5, 5.41) is 0. The van der Waals surface area contributed by atoms with Gasteiger partial charge < -0.3 is 4.90 Å². The number of piperidine rings is 1. The van der Waals surface area contributed by atoms with E-state index in [0.29, 0.717) is 6.54 Å². The van der Waals surface area contributed by atoms with Gasteiger partial charge in [0, 0.05) is 24.6 Å². The van der Waals surface area contributed by atoms with E-state index in [9.17, 15) is 9.59 Å². The highest BCUT2D eigenvalue weighted by Crippen LogP contribution is 2.22. The SMILES string of the molecule is O=C(c1ccccc1)C1CCN(CC(=O)N2CCCCCC2)CC1. The van der Waals surface area contributed by atoms with Crippen LogP contribution in [0.25, 0.3) is 0 Å². The Balaban J connectivity index is 1.46. The molecule has 0 atom stereocenters. The summed E-state index contributed by atoms with van der Waals surface area (Å²) in [5.74, 6) is 0.635. The van der Waals surface area contributed by atoms with Crippen molar-refractivity contribution in [3.05, 3.63) is 35.9 Å². The van der Waals surface area contributed by atoms with Crippen LogP contribution in [0.1, 0.15) is 48.9 Å². The molecule has 4 heteroatoms. The Labute approximate surface area is 144 Å². The second-order valence-electron chi connectivity index (χ2n) is 7.08. The minimum absolute atomic E-state index is 0.108. The van der Waals surface area contributed by atoms with Crippen LogP contribution in [0.15, 0.2) is 30.3 Å². The predicted octanol–water partition coefficient (Wildman–Crippen LogP) is 2.98. The summed E-state index contributed by atoms with van der Waals surface area (Å²) in [7, 11) is 0. The van der Waals surface area contributed by atoms with Crippen LogP contribution in [0.3, 0.4) is 0 Å². The first-order valence-corrected chi connectivity index (χ1v) is 9.33. The van der Waals surface area contributed by atoms with Gasteiger partial charge in [0.05, 0.1) is 6.54 Å². The zero-order valence-electron chi connectivity index (χ0n) is 14.5. The minimum atomic E-state index is 0.108. The Hall–Kier alpha value is -1.68. The molecule has 1 amide bonds. The Kier molecular flexibility index (Phi) is 6.02. The van der Waals surface area contributed by atoms with Crippen molar-refractivity contribution in [3.8, 4) is 0 Å². The molecule has 0 N–H and O–H groups in total. The Morgan fingerprint density at radius 3 is 2.12 bits per heavy atom. The van der Waals surface area contributed by atoms with Crippen molar-refractivity contribution >= 4 is 11.7 Å². The van der Waals surface area contributed by atoms with Crippen LogP contribution in [0.2, 0.25) is 0 Å². The van der Waals surface area contributed by atoms with Crippen LogP contribution >= 0.6 is 0 Å². The lowest BCUT2D eigenvalue weighted by Gasteiger charge is -2.32. The monoisotopic (exact) mass is 328 g/mol. The summed E-state index contributed by atoms with van der Waals surface area (Å²) < 4.78 is 0. The fraction of sp³-hybridized carbons (Fsp3) is 0.600. The summed E-state index contributed by atoms with van der Waals surface area (Å²) in [6, 6.07) is 9.58. The smallest absolute Gasteiger partial charge is 0.236 e. The van der Waals surface area contributed by atoms with Crippen LogP contribution < -0.4 is 0 Å². The molecule has 2 aliphatic heterocycles. The molecule has 0 aromatic heterocycles. The van der Waals surface area contributed by atoms with Gasteiger partial charge in [-0.25, -0.2) is 0 Å². The molecule has 2 heterocycles. The second-order valence-corrected chi connectivity index (χ2v) is 7.08. The lowest BCUT2D eigenvalue weighted by molar-refractivity contribution is -0.132. The van der Waals surface area contributed by atoms with Crippen molar-refractivity contribution in [3.63, 3.8) is 0 Å². The van der Waals surface area contributed by atoms with Crippen molar-refractivity contribution in [2.24, 2.45) is 5.92 Å². The number of nitrogens with zero attached hydrogens (tertiary/aromatic N) is 2. The zero-order valence-corrected chi connectivity index (χ0v) is 14.5. The molecule has 130 valence electrons. The van der Waals surface area contributed by atoms with E-state index in [1.54, 1.807) is 0 Å². The molecule has 0 unspecified atom stereocenters. The highest BCUT2D eigenvalue weighted by atomic mass is 16.2. The minimum Gasteiger partial charge on any atom is -0.342 e. The lowest BCUT2D eigenvalue weighted by Crippen LogP contribution is -2.44. The van der Waals surface area contributed by atoms with Crippen molar-refractivity contribution < 1.29 is 9.59 Å². The molecule has 2 aliphatic rings. The van der Waals surface area contributed by atoms with E-state index in [-0.39, 0.29) is 17.6 Å². The lowest BCUT2D eigenvalue weighted by atomic mass is 9.89. The summed E-state index contributed by atoms with van der Waals surface area (Å²) in [5.41, 5.74) is 0.816. The highest BCUT2D eigenvalue weighted by molar-refractivity contribution is 5.97. The first-order valence-electron chi connectivity index (χ1n) is 9.33. The summed E-state index contributed by atoms with van der Waals surface area (Å²) in [4.78, 5) is 29.3. The third-order valence-corrected chi connectivity index (χ3v) is 5.33. The van der Waals surface area contributed by atoms with Crippen LogP contribution in [0.5, 0.6) is 0 Å². The van der Waals surface area contributed by atoms with Crippen LogP contribution in [0.4, 0.5) is 0 Å². The first-order chi connectivity index (χ1) is 11.7. The van der Waals surface area contributed by atoms with E-state index >= 15 is 0 Å². The number of carbonyl (C=O) groups excluding carboxylic acids is 2. The van der Waals surface area contributed by atoms with E-state index in [1.807, 2.05) is 35.2 Å². The Bertz CT molecular complexity index is 542. The molecule has 0 bridgehead atoms. The van der Waals surface area contributed by atoms with E-state index in [2.05, 4.69) is 4.90 Å². The molecule has 2 saturated heterocycles. The molecule has 1 aromatic rings. The summed E-state index contributed by atoms with van der Waals surface area (Å²) in [6.07, 6.45) is 6.49. The van der Waals surface area contributed by atoms with E-state index in [1.165, 1.54) is 12.8 Å². The average Bonchev–Trinajstić information content (AvgIpc) is 2.92. The molecule has 3 rings (SSSR count). The number of amides is 1. The van der Waals surface area contributed by atoms with Gasteiger partial charge in [0.15, 0.2) is 5.78 Å². The first kappa shape index (κ1) is 17.2. The van der Waals surface area contributed by atoms with Gasteiger partial charge in [-0.15, -0.1) is 0 Å². The fourth-order valence-electron chi connectivity index (χ4n) is 3.80. The maximum absolute atomic E-state index is 12.5. The molecular formula is C20H28N2O2. The number of Topliss-reactive ketones (excluding diaryl/α,β-unsaturated/α-hetero) is 1. The maximum atomic E-state index is 12.5. The number of ketones is 1. The quantitative estimate of drug-likeness (QED) is 0.798. The number of carbonyl (C=O) groups is 2. The third-order valence-electron chi connectivity index (χ3n) is 5.33. The number of rotatable bonds is 4. The van der Waals surface area contributed by atoms with Gasteiger partial charge >= 0.3 is 0 Å². The Morgan fingerprint density at radius 1 is 0.875 bits per heavy atom. The molecule has 0 saturated carbocycles. The van der Waals surface area contributed by atoms with E-state index < -0.39 is 0 Å². The molecule has 0 spiro atoms. The number of likely N-dealkylation sites (tertiary alicyclic amines) is 2. The van der Waals surface area contributed by atoms with Gasteiger partial charge in [-0.2, -0.15) is 0 Å². The van der Waals surface area contributed by atoms with Crippen LogP contribution in [-0.4, -0.2) is 54.2 Å². The van der Waals surface area contributed by atoms with Crippen molar-refractivity contribution in [1.29, 1.82) is 0 Å². The topological polar surface area (TPSA) is 40.6 Å². The van der Waals surface area contributed by atoms with Gasteiger partial charge in [0.1, 0.15) is 0 Å². The van der Waals surface area contributed by atoms with Gasteiger partial charge in [-0.3, -0.25) is 14.5 Å². The molecule has 0 radical (unpaired) electrons. The third kappa shape index (κ3) is 4.44. The molecule has 24 heavy (non-hydrogen) atoms.